The molecule has 1 saturated carbocycles. The number of hydrogen-bond acceptors (Lipinski definition) is 10. The van der Waals surface area contributed by atoms with Gasteiger partial charge in [-0.05, 0) is 78.2 Å². The molecule has 2 fully saturated rings. The van der Waals surface area contributed by atoms with Gasteiger partial charge in [-0.1, -0.05) is 0 Å². The molecule has 5 rings (SSSR count). The highest BCUT2D eigenvalue weighted by Crippen LogP contribution is 2.54. The van der Waals surface area contributed by atoms with E-state index in [2.05, 4.69) is 0 Å². The van der Waals surface area contributed by atoms with Crippen molar-refractivity contribution in [3.8, 4) is 5.75 Å². The maximum absolute atomic E-state index is 13.9. The molecule has 0 radical (unpaired) electrons. The second-order valence-electron chi connectivity index (χ2n) is 12.1. The Bertz CT molecular complexity index is 1370. The number of carbonyl (C=O) groups is 3. The van der Waals surface area contributed by atoms with Crippen molar-refractivity contribution < 1.29 is 44.3 Å². The highest BCUT2D eigenvalue weighted by Gasteiger charge is 2.64. The molecule has 0 aromatic heterocycles. The lowest BCUT2D eigenvalue weighted by atomic mass is 9.57. The molecule has 1 aromatic rings. The first kappa shape index (κ1) is 27.3. The summed E-state index contributed by atoms with van der Waals surface area (Å²) < 4.78 is 12.4. The number of carbonyl (C=O) groups excluding carboxylic acids is 3. The summed E-state index contributed by atoms with van der Waals surface area (Å²) in [5, 5.41) is 44.8. The number of hydrogen-bond donors (Lipinski definition) is 5. The lowest BCUT2D eigenvalue weighted by molar-refractivity contribution is -0.153. The van der Waals surface area contributed by atoms with Crippen LogP contribution in [0.2, 0.25) is 0 Å². The number of aliphatic hydroxyl groups is 3. The molecule has 1 saturated heterocycles. The van der Waals surface area contributed by atoms with Gasteiger partial charge in [-0.2, -0.15) is 0 Å². The van der Waals surface area contributed by atoms with E-state index in [4.69, 9.17) is 15.2 Å². The van der Waals surface area contributed by atoms with Crippen LogP contribution in [0.4, 0.5) is 0 Å². The second-order valence-corrected chi connectivity index (χ2v) is 12.1. The number of likely N-dealkylation sites (N-methyl/N-ethyl adjacent to an activating group) is 1. The Labute approximate surface area is 225 Å². The van der Waals surface area contributed by atoms with E-state index in [1.54, 1.807) is 20.2 Å². The van der Waals surface area contributed by atoms with Crippen molar-refractivity contribution in [3.63, 3.8) is 0 Å². The fourth-order valence-corrected chi connectivity index (χ4v) is 6.46. The van der Waals surface area contributed by atoms with Crippen molar-refractivity contribution >= 4 is 23.2 Å². The molecule has 0 bridgehead atoms. The lowest BCUT2D eigenvalue weighted by Gasteiger charge is -2.50. The quantitative estimate of drug-likeness (QED) is 0.352. The van der Waals surface area contributed by atoms with Crippen LogP contribution in [0, 0.1) is 11.8 Å². The second kappa shape index (κ2) is 8.37. The van der Waals surface area contributed by atoms with Gasteiger partial charge in [-0.3, -0.25) is 19.3 Å². The summed E-state index contributed by atoms with van der Waals surface area (Å²) in [6.07, 6.45) is -0.655. The number of primary amides is 1. The number of nitrogens with two attached hydrogens (primary N) is 1. The van der Waals surface area contributed by atoms with Gasteiger partial charge in [0.1, 0.15) is 22.8 Å². The number of amides is 1. The molecule has 0 spiro atoms. The van der Waals surface area contributed by atoms with Gasteiger partial charge in [0, 0.05) is 17.1 Å². The zero-order chi connectivity index (χ0) is 29.0. The zero-order valence-corrected chi connectivity index (χ0v) is 22.7. The standard InChI is InChI=1S/C28H34N2O9/c1-26(2)27(3,4)39-25(38-26)12-7-8-15(31)17-13(12)9-11-10-14-19(30(5)6)21(33)18(24(29)36)23(35)28(14,37)22(34)16(11)20(17)32/h7-8,11,14,19,25,31-32,35,37H,9-10H2,1-6H3,(H2,29,36)/t11-,14-,19-,28-/m0/s1. The van der Waals surface area contributed by atoms with Gasteiger partial charge in [0.2, 0.25) is 5.78 Å². The van der Waals surface area contributed by atoms with Gasteiger partial charge in [-0.15, -0.1) is 0 Å². The summed E-state index contributed by atoms with van der Waals surface area (Å²) >= 11 is 0. The van der Waals surface area contributed by atoms with E-state index in [1.165, 1.54) is 11.0 Å². The Morgan fingerprint density at radius 3 is 2.18 bits per heavy atom. The summed E-state index contributed by atoms with van der Waals surface area (Å²) in [4.78, 5) is 40.7. The zero-order valence-electron chi connectivity index (χ0n) is 22.7. The van der Waals surface area contributed by atoms with Crippen LogP contribution >= 0.6 is 0 Å². The summed E-state index contributed by atoms with van der Waals surface area (Å²) in [5.41, 5.74) is 1.41. The summed E-state index contributed by atoms with van der Waals surface area (Å²) in [5.74, 6) is -6.92. The van der Waals surface area contributed by atoms with Gasteiger partial charge in [0.15, 0.2) is 17.7 Å². The van der Waals surface area contributed by atoms with Crippen molar-refractivity contribution in [2.45, 2.75) is 69.7 Å². The number of aliphatic hydroxyl groups excluding tert-OH is 2. The molecule has 3 aliphatic carbocycles. The maximum Gasteiger partial charge on any atom is 0.255 e. The monoisotopic (exact) mass is 542 g/mol. The molecular formula is C28H34N2O9. The first-order chi connectivity index (χ1) is 18.0. The summed E-state index contributed by atoms with van der Waals surface area (Å²) in [6.45, 7) is 7.60. The average Bonchev–Trinajstić information content (AvgIpc) is 3.02. The molecule has 11 nitrogen and oxygen atoms in total. The number of phenols is 1. The number of nitrogens with zero attached hydrogens (tertiary/aromatic N) is 1. The fraction of sp³-hybridized carbons (Fsp3) is 0.536. The highest BCUT2D eigenvalue weighted by molar-refractivity contribution is 6.24. The van der Waals surface area contributed by atoms with E-state index < -0.39 is 75.5 Å². The maximum atomic E-state index is 13.9. The summed E-state index contributed by atoms with van der Waals surface area (Å²) in [7, 11) is 3.11. The smallest absolute Gasteiger partial charge is 0.255 e. The molecule has 1 amide bonds. The van der Waals surface area contributed by atoms with E-state index in [-0.39, 0.29) is 29.7 Å². The molecule has 210 valence electrons. The van der Waals surface area contributed by atoms with Gasteiger partial charge < -0.3 is 35.6 Å². The largest absolute Gasteiger partial charge is 0.508 e. The van der Waals surface area contributed by atoms with Crippen molar-refractivity contribution in [1.29, 1.82) is 0 Å². The van der Waals surface area contributed by atoms with Crippen LogP contribution in [-0.2, 0) is 30.3 Å². The third-order valence-corrected chi connectivity index (χ3v) is 9.15. The third-order valence-electron chi connectivity index (χ3n) is 9.15. The summed E-state index contributed by atoms with van der Waals surface area (Å²) in [6, 6.07) is 1.87. The number of ether oxygens (including phenoxy) is 2. The van der Waals surface area contributed by atoms with Gasteiger partial charge in [0.05, 0.1) is 22.8 Å². The molecule has 6 N–H and O–H groups in total. The lowest BCUT2D eigenvalue weighted by Crippen LogP contribution is -2.65. The molecule has 11 heteroatoms. The van der Waals surface area contributed by atoms with E-state index in [9.17, 15) is 34.8 Å². The number of benzene rings is 1. The van der Waals surface area contributed by atoms with E-state index >= 15 is 0 Å². The van der Waals surface area contributed by atoms with Crippen LogP contribution in [0.1, 0.15) is 57.1 Å². The molecule has 4 aliphatic rings. The molecule has 1 aromatic carbocycles. The normalized spacial score (nSPS) is 31.8. The first-order valence-corrected chi connectivity index (χ1v) is 12.8. The van der Waals surface area contributed by atoms with Crippen LogP contribution in [0.15, 0.2) is 29.0 Å². The minimum Gasteiger partial charge on any atom is -0.508 e. The van der Waals surface area contributed by atoms with Crippen molar-refractivity contribution in [2.24, 2.45) is 17.6 Å². The van der Waals surface area contributed by atoms with Crippen LogP contribution in [-0.4, -0.2) is 79.7 Å². The molecule has 1 heterocycles. The third kappa shape index (κ3) is 3.53. The number of ketones is 2. The Balaban J connectivity index is 1.69. The van der Waals surface area contributed by atoms with Gasteiger partial charge in [0.25, 0.3) is 5.91 Å². The van der Waals surface area contributed by atoms with Crippen molar-refractivity contribution in [3.05, 3.63) is 45.7 Å². The topological polar surface area (TPSA) is 180 Å². The van der Waals surface area contributed by atoms with E-state index in [1.807, 2.05) is 27.7 Å². The van der Waals surface area contributed by atoms with Gasteiger partial charge in [-0.25, -0.2) is 0 Å². The molecule has 39 heavy (non-hydrogen) atoms. The first-order valence-electron chi connectivity index (χ1n) is 12.8. The fourth-order valence-electron chi connectivity index (χ4n) is 6.46. The number of Topliss-reactive ketones (excluding diaryl/α,β-unsaturated/α-hetero) is 2. The Morgan fingerprint density at radius 1 is 1.05 bits per heavy atom. The number of rotatable bonds is 3. The minimum absolute atomic E-state index is 0.00139. The minimum atomic E-state index is -2.68. The number of aromatic hydroxyl groups is 1. The Morgan fingerprint density at radius 2 is 1.64 bits per heavy atom. The number of fused-ring (bicyclic) bond motifs is 3. The Hall–Kier alpha value is -3.25. The number of phenolic OH excluding ortho intramolecular Hbond substituents is 1. The van der Waals surface area contributed by atoms with Crippen LogP contribution in [0.25, 0.3) is 5.76 Å². The predicted octanol–water partition coefficient (Wildman–Crippen LogP) is 1.57. The molecule has 1 aliphatic heterocycles. The molecule has 4 atom stereocenters. The van der Waals surface area contributed by atoms with Crippen LogP contribution in [0.5, 0.6) is 5.75 Å². The SMILES string of the molecule is CN(C)[C@@H]1C(=O)C(C(N)=O)=C(O)[C@@]2(O)C(=O)C3=C(O)c4c(O)ccc(C5OC(C)(C)C(C)(C)O5)c4C[C@H]3C[C@@H]12. The highest BCUT2D eigenvalue weighted by atomic mass is 16.7. The van der Waals surface area contributed by atoms with Crippen molar-refractivity contribution in [1.82, 2.24) is 4.90 Å². The van der Waals surface area contributed by atoms with Crippen LogP contribution in [0.3, 0.4) is 0 Å². The predicted molar refractivity (Wildman–Crippen MR) is 137 cm³/mol. The Kier molecular flexibility index (Phi) is 5.87. The van der Waals surface area contributed by atoms with Crippen molar-refractivity contribution in [2.75, 3.05) is 14.1 Å². The van der Waals surface area contributed by atoms with E-state index in [0.717, 1.165) is 0 Å². The van der Waals surface area contributed by atoms with Gasteiger partial charge >= 0.3 is 0 Å². The molecular weight excluding hydrogens is 508 g/mol. The molecule has 0 unspecified atom stereocenters. The average molecular weight is 543 g/mol. The van der Waals surface area contributed by atoms with Crippen LogP contribution < -0.4 is 5.73 Å². The van der Waals surface area contributed by atoms with E-state index in [0.29, 0.717) is 11.1 Å².